The van der Waals surface area contributed by atoms with Gasteiger partial charge in [0.1, 0.15) is 0 Å². The Morgan fingerprint density at radius 1 is 1.40 bits per heavy atom. The molecule has 1 aliphatic heterocycles. The highest BCUT2D eigenvalue weighted by Crippen LogP contribution is 2.17. The van der Waals surface area contributed by atoms with E-state index in [1.807, 2.05) is 6.92 Å². The number of nitrogens with one attached hydrogen (secondary N) is 1. The molecule has 0 bridgehead atoms. The van der Waals surface area contributed by atoms with E-state index in [4.69, 9.17) is 10.5 Å². The molecule has 0 spiro atoms. The highest BCUT2D eigenvalue weighted by molar-refractivity contribution is 7.89. The van der Waals surface area contributed by atoms with Crippen LogP contribution in [0.5, 0.6) is 0 Å². The van der Waals surface area contributed by atoms with Gasteiger partial charge in [-0.1, -0.05) is 12.1 Å². The Morgan fingerprint density at radius 2 is 2.10 bits per heavy atom. The van der Waals surface area contributed by atoms with Gasteiger partial charge in [-0.05, 0) is 43.4 Å². The SMILES string of the molecule is CC(N)c1ccc(S(=O)(=O)NCCC2CCOC2)cc1. The summed E-state index contributed by atoms with van der Waals surface area (Å²) in [5, 5.41) is 0. The highest BCUT2D eigenvalue weighted by Gasteiger charge is 2.18. The Balaban J connectivity index is 1.91. The van der Waals surface area contributed by atoms with E-state index in [0.717, 1.165) is 31.6 Å². The number of benzene rings is 1. The summed E-state index contributed by atoms with van der Waals surface area (Å²) in [6, 6.07) is 6.61. The molecule has 1 aromatic rings. The van der Waals surface area contributed by atoms with Gasteiger partial charge in [0.05, 0.1) is 4.90 Å². The van der Waals surface area contributed by atoms with E-state index in [1.54, 1.807) is 24.3 Å². The summed E-state index contributed by atoms with van der Waals surface area (Å²) in [6.07, 6.45) is 1.84. The normalized spacial score (nSPS) is 21.0. The average Bonchev–Trinajstić information content (AvgIpc) is 2.92. The molecule has 2 rings (SSSR count). The lowest BCUT2D eigenvalue weighted by Gasteiger charge is -2.11. The van der Waals surface area contributed by atoms with Crippen LogP contribution in [0, 0.1) is 5.92 Å². The zero-order valence-electron chi connectivity index (χ0n) is 11.7. The molecule has 3 N–H and O–H groups in total. The Labute approximate surface area is 120 Å². The van der Waals surface area contributed by atoms with Crippen molar-refractivity contribution in [1.82, 2.24) is 4.72 Å². The van der Waals surface area contributed by atoms with Crippen LogP contribution in [-0.2, 0) is 14.8 Å². The monoisotopic (exact) mass is 298 g/mol. The Hall–Kier alpha value is -0.950. The zero-order valence-corrected chi connectivity index (χ0v) is 12.5. The van der Waals surface area contributed by atoms with Crippen LogP contribution in [0.3, 0.4) is 0 Å². The summed E-state index contributed by atoms with van der Waals surface area (Å²) in [7, 11) is -3.43. The molecule has 0 radical (unpaired) electrons. The molecular formula is C14H22N2O3S. The van der Waals surface area contributed by atoms with E-state index in [9.17, 15) is 8.42 Å². The van der Waals surface area contributed by atoms with Gasteiger partial charge in [-0.15, -0.1) is 0 Å². The van der Waals surface area contributed by atoms with Gasteiger partial charge in [0.15, 0.2) is 0 Å². The van der Waals surface area contributed by atoms with Crippen molar-refractivity contribution in [3.8, 4) is 0 Å². The predicted octanol–water partition coefficient (Wildman–Crippen LogP) is 1.41. The minimum absolute atomic E-state index is 0.0953. The first-order valence-electron chi connectivity index (χ1n) is 6.92. The topological polar surface area (TPSA) is 81.4 Å². The maximum atomic E-state index is 12.1. The Kier molecular flexibility index (Phi) is 5.15. The summed E-state index contributed by atoms with van der Waals surface area (Å²) >= 11 is 0. The van der Waals surface area contributed by atoms with Crippen LogP contribution < -0.4 is 10.5 Å². The molecule has 0 saturated carbocycles. The maximum absolute atomic E-state index is 12.1. The van der Waals surface area contributed by atoms with E-state index in [1.165, 1.54) is 0 Å². The second kappa shape index (κ2) is 6.67. The number of sulfonamides is 1. The molecule has 2 unspecified atom stereocenters. The first kappa shape index (κ1) is 15.4. The second-order valence-corrected chi connectivity index (χ2v) is 7.04. The van der Waals surface area contributed by atoms with E-state index >= 15 is 0 Å². The van der Waals surface area contributed by atoms with Crippen molar-refractivity contribution in [2.24, 2.45) is 11.7 Å². The molecule has 0 aliphatic carbocycles. The Bertz CT molecular complexity index is 520. The van der Waals surface area contributed by atoms with Crippen LogP contribution in [-0.4, -0.2) is 28.2 Å². The first-order chi connectivity index (χ1) is 9.49. The molecule has 2 atom stereocenters. The molecule has 112 valence electrons. The number of nitrogens with two attached hydrogens (primary N) is 1. The van der Waals surface area contributed by atoms with Gasteiger partial charge in [0.25, 0.3) is 0 Å². The smallest absolute Gasteiger partial charge is 0.240 e. The van der Waals surface area contributed by atoms with Crippen molar-refractivity contribution in [2.45, 2.75) is 30.7 Å². The fraction of sp³-hybridized carbons (Fsp3) is 0.571. The molecule has 5 nitrogen and oxygen atoms in total. The van der Waals surface area contributed by atoms with Crippen LogP contribution in [0.15, 0.2) is 29.2 Å². The molecular weight excluding hydrogens is 276 g/mol. The number of hydrogen-bond acceptors (Lipinski definition) is 4. The van der Waals surface area contributed by atoms with Crippen LogP contribution in [0.2, 0.25) is 0 Å². The standard InChI is InChI=1S/C14H22N2O3S/c1-11(15)13-2-4-14(5-3-13)20(17,18)16-8-6-12-7-9-19-10-12/h2-5,11-12,16H,6-10,15H2,1H3. The van der Waals surface area contributed by atoms with Crippen molar-refractivity contribution in [1.29, 1.82) is 0 Å². The fourth-order valence-corrected chi connectivity index (χ4v) is 3.29. The highest BCUT2D eigenvalue weighted by atomic mass is 32.2. The summed E-state index contributed by atoms with van der Waals surface area (Å²) in [5.41, 5.74) is 6.67. The minimum atomic E-state index is -3.43. The van der Waals surface area contributed by atoms with Crippen LogP contribution >= 0.6 is 0 Å². The van der Waals surface area contributed by atoms with Gasteiger partial charge in [0.2, 0.25) is 10.0 Å². The second-order valence-electron chi connectivity index (χ2n) is 5.27. The van der Waals surface area contributed by atoms with E-state index in [0.29, 0.717) is 12.5 Å². The molecule has 6 heteroatoms. The van der Waals surface area contributed by atoms with Gasteiger partial charge >= 0.3 is 0 Å². The predicted molar refractivity (Wildman–Crippen MR) is 77.8 cm³/mol. The van der Waals surface area contributed by atoms with E-state index in [2.05, 4.69) is 4.72 Å². The summed E-state index contributed by atoms with van der Waals surface area (Å²) < 4.78 is 32.1. The Morgan fingerprint density at radius 3 is 2.65 bits per heavy atom. The van der Waals surface area contributed by atoms with Crippen LogP contribution in [0.25, 0.3) is 0 Å². The van der Waals surface area contributed by atoms with Gasteiger partial charge in [-0.3, -0.25) is 0 Å². The van der Waals surface area contributed by atoms with E-state index in [-0.39, 0.29) is 10.9 Å². The summed E-state index contributed by atoms with van der Waals surface area (Å²) in [6.45, 7) is 3.85. The maximum Gasteiger partial charge on any atom is 0.240 e. The molecule has 1 saturated heterocycles. The molecule has 0 amide bonds. The first-order valence-corrected chi connectivity index (χ1v) is 8.40. The van der Waals surface area contributed by atoms with Crippen LogP contribution in [0.4, 0.5) is 0 Å². The third kappa shape index (κ3) is 4.02. The van der Waals surface area contributed by atoms with Crippen molar-refractivity contribution in [2.75, 3.05) is 19.8 Å². The molecule has 1 aliphatic rings. The average molecular weight is 298 g/mol. The third-order valence-electron chi connectivity index (χ3n) is 3.58. The molecule has 0 aromatic heterocycles. The number of ether oxygens (including phenoxy) is 1. The molecule has 1 fully saturated rings. The molecule has 20 heavy (non-hydrogen) atoms. The van der Waals surface area contributed by atoms with Crippen molar-refractivity contribution < 1.29 is 13.2 Å². The number of rotatable bonds is 6. The van der Waals surface area contributed by atoms with Crippen molar-refractivity contribution in [3.63, 3.8) is 0 Å². The van der Waals surface area contributed by atoms with Gasteiger partial charge in [-0.2, -0.15) is 0 Å². The van der Waals surface area contributed by atoms with Gasteiger partial charge in [0, 0.05) is 25.8 Å². The lowest BCUT2D eigenvalue weighted by atomic mass is 10.1. The summed E-state index contributed by atoms with van der Waals surface area (Å²) in [4.78, 5) is 0.282. The van der Waals surface area contributed by atoms with E-state index < -0.39 is 10.0 Å². The lowest BCUT2D eigenvalue weighted by Crippen LogP contribution is -2.26. The van der Waals surface area contributed by atoms with Crippen molar-refractivity contribution in [3.05, 3.63) is 29.8 Å². The lowest BCUT2D eigenvalue weighted by molar-refractivity contribution is 0.184. The summed E-state index contributed by atoms with van der Waals surface area (Å²) in [5.74, 6) is 0.471. The van der Waals surface area contributed by atoms with Crippen molar-refractivity contribution >= 4 is 10.0 Å². The number of hydrogen-bond donors (Lipinski definition) is 2. The fourth-order valence-electron chi connectivity index (χ4n) is 2.24. The van der Waals surface area contributed by atoms with Gasteiger partial charge < -0.3 is 10.5 Å². The van der Waals surface area contributed by atoms with Crippen LogP contribution in [0.1, 0.15) is 31.4 Å². The van der Waals surface area contributed by atoms with Gasteiger partial charge in [-0.25, -0.2) is 13.1 Å². The molecule has 1 aromatic carbocycles. The quantitative estimate of drug-likeness (QED) is 0.832. The third-order valence-corrected chi connectivity index (χ3v) is 5.06. The minimum Gasteiger partial charge on any atom is -0.381 e. The molecule has 1 heterocycles. The zero-order chi connectivity index (χ0) is 14.6. The largest absolute Gasteiger partial charge is 0.381 e.